The van der Waals surface area contributed by atoms with E-state index in [0.29, 0.717) is 21.5 Å². The van der Waals surface area contributed by atoms with Crippen LogP contribution in [0.15, 0.2) is 47.8 Å². The van der Waals surface area contributed by atoms with Crippen molar-refractivity contribution >= 4 is 45.9 Å². The van der Waals surface area contributed by atoms with Crippen molar-refractivity contribution in [2.75, 3.05) is 11.9 Å². The second-order valence-corrected chi connectivity index (χ2v) is 8.15. The van der Waals surface area contributed by atoms with Gasteiger partial charge in [0.2, 0.25) is 0 Å². The Balaban J connectivity index is 1.70. The van der Waals surface area contributed by atoms with Gasteiger partial charge in [-0.15, -0.1) is 11.3 Å². The predicted octanol–water partition coefficient (Wildman–Crippen LogP) is 8.30. The van der Waals surface area contributed by atoms with Gasteiger partial charge >= 0.3 is 6.18 Å². The van der Waals surface area contributed by atoms with Crippen molar-refractivity contribution in [3.05, 3.63) is 69.7 Å². The normalized spacial score (nSPS) is 11.8. The van der Waals surface area contributed by atoms with Gasteiger partial charge in [0.05, 0.1) is 17.9 Å². The second kappa shape index (κ2) is 10.7. The molecule has 0 amide bonds. The number of halogens is 4. The average Bonchev–Trinajstić information content (AvgIpc) is 3.18. The molecule has 0 fully saturated rings. The molecule has 0 aliphatic carbocycles. The summed E-state index contributed by atoms with van der Waals surface area (Å²) in [6.45, 7) is 2.29. The van der Waals surface area contributed by atoms with Gasteiger partial charge in [-0.3, -0.25) is 0 Å². The summed E-state index contributed by atoms with van der Waals surface area (Å²) in [6.07, 6.45) is 1.83. The highest BCUT2D eigenvalue weighted by molar-refractivity contribution is 7.13. The third-order valence-electron chi connectivity index (χ3n) is 4.38. The lowest BCUT2D eigenvalue weighted by Crippen LogP contribution is -2.10. The molecule has 0 radical (unpaired) electrons. The van der Waals surface area contributed by atoms with Crippen molar-refractivity contribution in [1.82, 2.24) is 4.98 Å². The van der Waals surface area contributed by atoms with E-state index in [1.807, 2.05) is 36.6 Å². The van der Waals surface area contributed by atoms with Crippen LogP contribution in [0, 0.1) is 0 Å². The molecule has 0 aliphatic heterocycles. The van der Waals surface area contributed by atoms with Crippen molar-refractivity contribution in [3.8, 4) is 5.75 Å². The topological polar surface area (TPSA) is 34.1 Å². The minimum Gasteiger partial charge on any atom is -0.493 e. The molecule has 0 bridgehead atoms. The largest absolute Gasteiger partial charge is 0.493 e. The van der Waals surface area contributed by atoms with Crippen LogP contribution in [0.25, 0.3) is 12.2 Å². The van der Waals surface area contributed by atoms with E-state index in [1.54, 1.807) is 18.2 Å². The van der Waals surface area contributed by atoms with E-state index in [-0.39, 0.29) is 12.4 Å². The summed E-state index contributed by atoms with van der Waals surface area (Å²) in [4.78, 5) is 4.40. The fourth-order valence-electron chi connectivity index (χ4n) is 2.79. The molecule has 0 spiro atoms. The molecule has 3 nitrogen and oxygen atoms in total. The molecule has 0 saturated carbocycles. The number of nitrogens with zero attached hydrogens (tertiary/aromatic N) is 1. The van der Waals surface area contributed by atoms with Crippen LogP contribution in [0.2, 0.25) is 5.02 Å². The van der Waals surface area contributed by atoms with Crippen LogP contribution in [0.5, 0.6) is 5.75 Å². The summed E-state index contributed by atoms with van der Waals surface area (Å²) in [7, 11) is 0. The first kappa shape index (κ1) is 23.2. The van der Waals surface area contributed by atoms with E-state index >= 15 is 0 Å². The summed E-state index contributed by atoms with van der Waals surface area (Å²) < 4.78 is 45.9. The van der Waals surface area contributed by atoms with Crippen LogP contribution in [0.4, 0.5) is 24.0 Å². The molecule has 1 heterocycles. The summed E-state index contributed by atoms with van der Waals surface area (Å²) in [5, 5.41) is 5.93. The van der Waals surface area contributed by atoms with Crippen LogP contribution in [0.3, 0.4) is 0 Å². The van der Waals surface area contributed by atoms with Gasteiger partial charge in [-0.2, -0.15) is 13.2 Å². The van der Waals surface area contributed by atoms with Crippen molar-refractivity contribution in [2.45, 2.75) is 32.4 Å². The number of rotatable bonds is 9. The van der Waals surface area contributed by atoms with Crippen molar-refractivity contribution < 1.29 is 17.9 Å². The third kappa shape index (κ3) is 7.01. The Hall–Kier alpha value is -2.51. The SMILES string of the molecule is CCCCCOc1ccc(Nc2nc(/C=C/c3ccc(Cl)cc3)cs2)cc1C(F)(F)F. The number of ether oxygens (including phenoxy) is 1. The van der Waals surface area contributed by atoms with Gasteiger partial charge in [0.15, 0.2) is 5.13 Å². The van der Waals surface area contributed by atoms with Gasteiger partial charge in [-0.25, -0.2) is 4.98 Å². The highest BCUT2D eigenvalue weighted by Crippen LogP contribution is 2.38. The zero-order chi connectivity index (χ0) is 22.3. The van der Waals surface area contributed by atoms with Gasteiger partial charge in [0.25, 0.3) is 0 Å². The number of benzene rings is 2. The van der Waals surface area contributed by atoms with Gasteiger partial charge in [-0.1, -0.05) is 49.6 Å². The first-order valence-electron chi connectivity index (χ1n) is 9.85. The van der Waals surface area contributed by atoms with Crippen LogP contribution in [-0.2, 0) is 6.18 Å². The van der Waals surface area contributed by atoms with Crippen LogP contribution in [0.1, 0.15) is 43.0 Å². The maximum Gasteiger partial charge on any atom is 0.420 e. The molecule has 164 valence electrons. The zero-order valence-electron chi connectivity index (χ0n) is 16.9. The van der Waals surface area contributed by atoms with Crippen LogP contribution < -0.4 is 10.1 Å². The molecule has 0 aliphatic rings. The summed E-state index contributed by atoms with van der Waals surface area (Å²) in [5.41, 5.74) is 1.18. The first-order chi connectivity index (χ1) is 14.8. The molecule has 0 saturated heterocycles. The first-order valence-corrected chi connectivity index (χ1v) is 11.1. The Morgan fingerprint density at radius 2 is 1.87 bits per heavy atom. The molecule has 0 unspecified atom stereocenters. The molecule has 8 heteroatoms. The number of hydrogen-bond acceptors (Lipinski definition) is 4. The van der Waals surface area contributed by atoms with E-state index in [1.165, 1.54) is 17.4 Å². The Labute approximate surface area is 188 Å². The van der Waals surface area contributed by atoms with E-state index in [2.05, 4.69) is 10.3 Å². The lowest BCUT2D eigenvalue weighted by Gasteiger charge is -2.15. The van der Waals surface area contributed by atoms with E-state index in [9.17, 15) is 13.2 Å². The van der Waals surface area contributed by atoms with E-state index < -0.39 is 11.7 Å². The average molecular weight is 467 g/mol. The Morgan fingerprint density at radius 1 is 1.10 bits per heavy atom. The summed E-state index contributed by atoms with van der Waals surface area (Å²) in [5.74, 6) is -0.153. The zero-order valence-corrected chi connectivity index (χ0v) is 18.4. The number of aromatic nitrogens is 1. The molecular weight excluding hydrogens is 445 g/mol. The summed E-state index contributed by atoms with van der Waals surface area (Å²) in [6, 6.07) is 11.3. The number of thiazole rings is 1. The Bertz CT molecular complexity index is 1020. The molecule has 2 aromatic carbocycles. The molecule has 0 atom stereocenters. The Morgan fingerprint density at radius 3 is 2.58 bits per heavy atom. The van der Waals surface area contributed by atoms with Crippen LogP contribution in [-0.4, -0.2) is 11.6 Å². The number of unbranched alkanes of at least 4 members (excludes halogenated alkanes) is 2. The minimum atomic E-state index is -4.51. The fraction of sp³-hybridized carbons (Fsp3) is 0.261. The maximum absolute atomic E-state index is 13.5. The molecule has 31 heavy (non-hydrogen) atoms. The minimum absolute atomic E-state index is 0.153. The summed E-state index contributed by atoms with van der Waals surface area (Å²) >= 11 is 7.19. The highest BCUT2D eigenvalue weighted by atomic mass is 35.5. The van der Waals surface area contributed by atoms with Crippen molar-refractivity contribution in [2.24, 2.45) is 0 Å². The van der Waals surface area contributed by atoms with E-state index in [0.717, 1.165) is 30.9 Å². The molecule has 3 aromatic rings. The van der Waals surface area contributed by atoms with E-state index in [4.69, 9.17) is 16.3 Å². The Kier molecular flexibility index (Phi) is 7.98. The molecule has 1 aromatic heterocycles. The van der Waals surface area contributed by atoms with Crippen molar-refractivity contribution in [3.63, 3.8) is 0 Å². The molecule has 1 N–H and O–H groups in total. The fourth-order valence-corrected chi connectivity index (χ4v) is 3.61. The smallest absolute Gasteiger partial charge is 0.420 e. The number of alkyl halides is 3. The maximum atomic E-state index is 13.5. The highest BCUT2D eigenvalue weighted by Gasteiger charge is 2.34. The predicted molar refractivity (Wildman–Crippen MR) is 122 cm³/mol. The molecular formula is C23H22ClF3N2OS. The van der Waals surface area contributed by atoms with Gasteiger partial charge in [-0.05, 0) is 48.4 Å². The monoisotopic (exact) mass is 466 g/mol. The number of nitrogens with one attached hydrogen (secondary N) is 1. The standard InChI is InChI=1S/C23H22ClF3N2OS/c1-2-3-4-13-30-21-12-11-18(14-20(21)23(25,26)27)28-22-29-19(15-31-22)10-7-16-5-8-17(24)9-6-16/h5-12,14-15H,2-4,13H2,1H3,(H,28,29)/b10-7+. The van der Waals surface area contributed by atoms with Gasteiger partial charge in [0, 0.05) is 16.1 Å². The quantitative estimate of drug-likeness (QED) is 0.322. The van der Waals surface area contributed by atoms with Gasteiger partial charge in [0.1, 0.15) is 5.75 Å². The van der Waals surface area contributed by atoms with Crippen LogP contribution >= 0.6 is 22.9 Å². The van der Waals surface area contributed by atoms with Crippen molar-refractivity contribution in [1.29, 1.82) is 0 Å². The molecule has 3 rings (SSSR count). The lowest BCUT2D eigenvalue weighted by molar-refractivity contribution is -0.138. The number of anilines is 2. The lowest BCUT2D eigenvalue weighted by atomic mass is 10.1. The van der Waals surface area contributed by atoms with Gasteiger partial charge < -0.3 is 10.1 Å². The number of hydrogen-bond donors (Lipinski definition) is 1. The third-order valence-corrected chi connectivity index (χ3v) is 5.41. The second-order valence-electron chi connectivity index (χ2n) is 6.85.